The Morgan fingerprint density at radius 3 is 2.35 bits per heavy atom. The molecule has 23 heavy (non-hydrogen) atoms. The number of Topliss-reactive ketones (excluding diaryl/α,β-unsaturated/α-hetero) is 1. The highest BCUT2D eigenvalue weighted by atomic mass is 79.9. The number of esters is 2. The summed E-state index contributed by atoms with van der Waals surface area (Å²) in [6.45, 7) is 1.31. The van der Waals surface area contributed by atoms with Crippen molar-refractivity contribution in [2.75, 3.05) is 7.11 Å². The quantitative estimate of drug-likeness (QED) is 0.582. The first-order valence-electron chi connectivity index (χ1n) is 7.46. The standard InChI is InChI=1S/C17H17BrO5/c1-16(14(20)22-2)13(19)17(8-3-9-17)12(23-15(16)21)10-4-6-11(18)7-5-10/h4-7,12H,3,8-9H2,1-2H3. The molecule has 2 atom stereocenters. The molecule has 122 valence electrons. The monoisotopic (exact) mass is 380 g/mol. The van der Waals surface area contributed by atoms with E-state index in [0.29, 0.717) is 12.8 Å². The number of ketones is 1. The number of carbonyl (C=O) groups excluding carboxylic acids is 3. The third kappa shape index (κ3) is 2.15. The van der Waals surface area contributed by atoms with Crippen LogP contribution >= 0.6 is 15.9 Å². The molecule has 1 aliphatic carbocycles. The van der Waals surface area contributed by atoms with Gasteiger partial charge in [-0.05, 0) is 37.5 Å². The topological polar surface area (TPSA) is 69.7 Å². The zero-order chi connectivity index (χ0) is 16.8. The zero-order valence-corrected chi connectivity index (χ0v) is 14.5. The van der Waals surface area contributed by atoms with Crippen LogP contribution in [0.2, 0.25) is 0 Å². The number of ether oxygens (including phenoxy) is 2. The molecule has 1 spiro atoms. The molecule has 2 unspecified atom stereocenters. The summed E-state index contributed by atoms with van der Waals surface area (Å²) in [6.07, 6.45) is 1.42. The van der Waals surface area contributed by atoms with Crippen LogP contribution in [0.1, 0.15) is 37.9 Å². The van der Waals surface area contributed by atoms with Crippen LogP contribution in [0.4, 0.5) is 0 Å². The SMILES string of the molecule is COC(=O)C1(C)C(=O)OC(c2ccc(Br)cc2)C2(CCC2)C1=O. The summed E-state index contributed by atoms with van der Waals surface area (Å²) < 4.78 is 11.2. The van der Waals surface area contributed by atoms with Gasteiger partial charge in [0, 0.05) is 4.47 Å². The number of hydrogen-bond donors (Lipinski definition) is 0. The molecular weight excluding hydrogens is 364 g/mol. The molecule has 0 N–H and O–H groups in total. The number of carbonyl (C=O) groups is 3. The fraction of sp³-hybridized carbons (Fsp3) is 0.471. The fourth-order valence-corrected chi connectivity index (χ4v) is 3.76. The van der Waals surface area contributed by atoms with Gasteiger partial charge in [0.25, 0.3) is 0 Å². The minimum atomic E-state index is -1.87. The minimum absolute atomic E-state index is 0.382. The van der Waals surface area contributed by atoms with Crippen molar-refractivity contribution in [2.24, 2.45) is 10.8 Å². The van der Waals surface area contributed by atoms with Crippen LogP contribution in [-0.2, 0) is 23.9 Å². The van der Waals surface area contributed by atoms with E-state index in [1.54, 1.807) is 0 Å². The average Bonchev–Trinajstić information content (AvgIpc) is 2.50. The van der Waals surface area contributed by atoms with Gasteiger partial charge in [0.05, 0.1) is 12.5 Å². The highest BCUT2D eigenvalue weighted by Gasteiger charge is 2.67. The van der Waals surface area contributed by atoms with Crippen LogP contribution < -0.4 is 0 Å². The third-order valence-corrected chi connectivity index (χ3v) is 5.58. The Morgan fingerprint density at radius 2 is 1.87 bits per heavy atom. The molecule has 2 fully saturated rings. The summed E-state index contributed by atoms with van der Waals surface area (Å²) in [5.41, 5.74) is -1.94. The predicted molar refractivity (Wildman–Crippen MR) is 84.4 cm³/mol. The Morgan fingerprint density at radius 1 is 1.26 bits per heavy atom. The van der Waals surface area contributed by atoms with Crippen molar-refractivity contribution < 1.29 is 23.9 Å². The van der Waals surface area contributed by atoms with Crippen LogP contribution in [0.5, 0.6) is 0 Å². The summed E-state index contributed by atoms with van der Waals surface area (Å²) in [6, 6.07) is 7.34. The number of hydrogen-bond acceptors (Lipinski definition) is 5. The van der Waals surface area contributed by atoms with E-state index >= 15 is 0 Å². The van der Waals surface area contributed by atoms with Crippen LogP contribution in [0.3, 0.4) is 0 Å². The summed E-state index contributed by atoms with van der Waals surface area (Å²) >= 11 is 3.36. The lowest BCUT2D eigenvalue weighted by Gasteiger charge is -2.51. The van der Waals surface area contributed by atoms with Gasteiger partial charge in [-0.1, -0.05) is 34.5 Å². The van der Waals surface area contributed by atoms with Gasteiger partial charge in [0.2, 0.25) is 5.41 Å². The normalized spacial score (nSPS) is 28.9. The Kier molecular flexibility index (Phi) is 3.83. The Hall–Kier alpha value is -1.69. The van der Waals surface area contributed by atoms with E-state index in [-0.39, 0.29) is 5.78 Å². The lowest BCUT2D eigenvalue weighted by atomic mass is 9.54. The molecule has 0 aromatic heterocycles. The maximum atomic E-state index is 13.1. The molecule has 1 aromatic carbocycles. The maximum absolute atomic E-state index is 13.1. The lowest BCUT2D eigenvalue weighted by molar-refractivity contribution is -0.203. The second kappa shape index (κ2) is 5.44. The molecule has 0 radical (unpaired) electrons. The number of benzene rings is 1. The molecule has 3 rings (SSSR count). The molecule has 1 aromatic rings. The van der Waals surface area contributed by atoms with E-state index in [1.807, 2.05) is 24.3 Å². The summed E-state index contributed by atoms with van der Waals surface area (Å²) in [5, 5.41) is 0. The second-order valence-corrected chi connectivity index (χ2v) is 7.21. The largest absolute Gasteiger partial charge is 0.468 e. The number of rotatable bonds is 2. The number of cyclic esters (lactones) is 1. The molecule has 2 aliphatic rings. The van der Waals surface area contributed by atoms with Crippen LogP contribution in [0, 0.1) is 10.8 Å². The minimum Gasteiger partial charge on any atom is -0.468 e. The molecule has 1 aliphatic heterocycles. The van der Waals surface area contributed by atoms with Gasteiger partial charge < -0.3 is 9.47 Å². The summed E-state index contributed by atoms with van der Waals surface area (Å²) in [4.78, 5) is 37.6. The van der Waals surface area contributed by atoms with Crippen LogP contribution in [0.15, 0.2) is 28.7 Å². The van der Waals surface area contributed by atoms with Crippen LogP contribution in [-0.4, -0.2) is 24.8 Å². The van der Waals surface area contributed by atoms with E-state index in [2.05, 4.69) is 20.7 Å². The first kappa shape index (κ1) is 16.2. The van der Waals surface area contributed by atoms with Crippen molar-refractivity contribution in [3.05, 3.63) is 34.3 Å². The highest BCUT2D eigenvalue weighted by Crippen LogP contribution is 2.59. The summed E-state index contributed by atoms with van der Waals surface area (Å²) in [7, 11) is 1.17. The second-order valence-electron chi connectivity index (χ2n) is 6.29. The van der Waals surface area contributed by atoms with E-state index in [1.165, 1.54) is 14.0 Å². The molecule has 6 heteroatoms. The highest BCUT2D eigenvalue weighted by molar-refractivity contribution is 9.10. The smallest absolute Gasteiger partial charge is 0.331 e. The predicted octanol–water partition coefficient (Wildman–Crippen LogP) is 2.97. The maximum Gasteiger partial charge on any atom is 0.331 e. The van der Waals surface area contributed by atoms with E-state index in [4.69, 9.17) is 4.74 Å². The molecule has 0 bridgehead atoms. The van der Waals surface area contributed by atoms with Crippen molar-refractivity contribution in [1.29, 1.82) is 0 Å². The molecule has 1 saturated heterocycles. The molecular formula is C17H17BrO5. The Bertz CT molecular complexity index is 677. The molecule has 5 nitrogen and oxygen atoms in total. The van der Waals surface area contributed by atoms with Crippen LogP contribution in [0.25, 0.3) is 0 Å². The van der Waals surface area contributed by atoms with Crippen molar-refractivity contribution in [3.8, 4) is 0 Å². The molecule has 0 amide bonds. The Balaban J connectivity index is 2.05. The number of halogens is 1. The van der Waals surface area contributed by atoms with Gasteiger partial charge >= 0.3 is 11.9 Å². The molecule has 1 heterocycles. The van der Waals surface area contributed by atoms with Gasteiger partial charge in [-0.2, -0.15) is 0 Å². The Labute approximate surface area is 142 Å². The van der Waals surface area contributed by atoms with Crippen molar-refractivity contribution in [1.82, 2.24) is 0 Å². The number of methoxy groups -OCH3 is 1. The van der Waals surface area contributed by atoms with E-state index in [9.17, 15) is 14.4 Å². The van der Waals surface area contributed by atoms with E-state index < -0.39 is 28.9 Å². The first-order chi connectivity index (χ1) is 10.9. The van der Waals surface area contributed by atoms with Gasteiger partial charge in [-0.15, -0.1) is 0 Å². The zero-order valence-electron chi connectivity index (χ0n) is 12.9. The van der Waals surface area contributed by atoms with Crippen molar-refractivity contribution in [3.63, 3.8) is 0 Å². The van der Waals surface area contributed by atoms with E-state index in [0.717, 1.165) is 16.5 Å². The summed E-state index contributed by atoms with van der Waals surface area (Å²) in [5.74, 6) is -2.07. The lowest BCUT2D eigenvalue weighted by Crippen LogP contribution is -2.61. The fourth-order valence-electron chi connectivity index (χ4n) is 3.50. The van der Waals surface area contributed by atoms with Gasteiger partial charge in [0.1, 0.15) is 6.10 Å². The third-order valence-electron chi connectivity index (χ3n) is 5.05. The van der Waals surface area contributed by atoms with Gasteiger partial charge in [-0.3, -0.25) is 14.4 Å². The average molecular weight is 381 g/mol. The van der Waals surface area contributed by atoms with Gasteiger partial charge in [0.15, 0.2) is 5.78 Å². The van der Waals surface area contributed by atoms with Gasteiger partial charge in [-0.25, -0.2) is 0 Å². The van der Waals surface area contributed by atoms with Crippen molar-refractivity contribution in [2.45, 2.75) is 32.3 Å². The van der Waals surface area contributed by atoms with Crippen molar-refractivity contribution >= 4 is 33.7 Å². The first-order valence-corrected chi connectivity index (χ1v) is 8.25. The molecule has 1 saturated carbocycles.